The van der Waals surface area contributed by atoms with E-state index in [-0.39, 0.29) is 4.90 Å². The number of rotatable bonds is 2. The third-order valence-electron chi connectivity index (χ3n) is 2.03. The fourth-order valence-corrected chi connectivity index (χ4v) is 1.88. The first kappa shape index (κ1) is 10.5. The van der Waals surface area contributed by atoms with E-state index >= 15 is 0 Å². The van der Waals surface area contributed by atoms with Crippen LogP contribution in [0.5, 0.6) is 0 Å². The Hall–Kier alpha value is -0.980. The van der Waals surface area contributed by atoms with Crippen LogP contribution in [0.25, 0.3) is 0 Å². The van der Waals surface area contributed by atoms with Crippen LogP contribution in [-0.4, -0.2) is 21.6 Å². The maximum atomic E-state index is 12.7. The van der Waals surface area contributed by atoms with E-state index in [1.54, 1.807) is 6.07 Å². The van der Waals surface area contributed by atoms with E-state index in [2.05, 4.69) is 0 Å². The summed E-state index contributed by atoms with van der Waals surface area (Å²) in [6, 6.07) is 5.48. The molecule has 0 unspecified atom stereocenters. The van der Waals surface area contributed by atoms with Crippen molar-refractivity contribution >= 4 is 10.2 Å². The van der Waals surface area contributed by atoms with Gasteiger partial charge < -0.3 is 9.47 Å². The second-order valence-corrected chi connectivity index (χ2v) is 4.43. The van der Waals surface area contributed by atoms with Crippen molar-refractivity contribution in [1.82, 2.24) is 0 Å². The highest BCUT2D eigenvalue weighted by Gasteiger charge is 2.20. The van der Waals surface area contributed by atoms with Crippen LogP contribution in [0, 0.1) is 0 Å². The maximum absolute atomic E-state index is 12.7. The van der Waals surface area contributed by atoms with Crippen molar-refractivity contribution in [3.05, 3.63) is 29.8 Å². The first-order valence-corrected chi connectivity index (χ1v) is 5.73. The van der Waals surface area contributed by atoms with Crippen LogP contribution in [-0.2, 0) is 19.7 Å². The van der Waals surface area contributed by atoms with Gasteiger partial charge in [0.05, 0.1) is 18.1 Å². The lowest BCUT2D eigenvalue weighted by atomic mass is 10.2. The highest BCUT2D eigenvalue weighted by atomic mass is 32.3. The van der Waals surface area contributed by atoms with E-state index < -0.39 is 16.5 Å². The number of hydrogen-bond donors (Lipinski definition) is 0. The molecule has 1 aliphatic rings. The number of halogens is 1. The summed E-state index contributed by atoms with van der Waals surface area (Å²) < 4.78 is 44.3. The first-order chi connectivity index (χ1) is 7.07. The molecule has 0 bridgehead atoms. The summed E-state index contributed by atoms with van der Waals surface area (Å²) in [6.07, 6.45) is -0.591. The van der Waals surface area contributed by atoms with Gasteiger partial charge >= 0.3 is 10.2 Å². The molecule has 1 fully saturated rings. The zero-order chi connectivity index (χ0) is 10.9. The minimum Gasteiger partial charge on any atom is -0.346 e. The van der Waals surface area contributed by atoms with Gasteiger partial charge in [0.15, 0.2) is 6.29 Å². The van der Waals surface area contributed by atoms with Crippen LogP contribution in [0.1, 0.15) is 11.9 Å². The minimum absolute atomic E-state index is 0.376. The molecule has 82 valence electrons. The van der Waals surface area contributed by atoms with Gasteiger partial charge in [-0.25, -0.2) is 0 Å². The van der Waals surface area contributed by atoms with Crippen molar-refractivity contribution in [2.75, 3.05) is 13.2 Å². The number of ether oxygens (including phenoxy) is 2. The predicted octanol–water partition coefficient (Wildman–Crippen LogP) is 1.39. The third-order valence-corrected chi connectivity index (χ3v) is 2.85. The summed E-state index contributed by atoms with van der Waals surface area (Å²) in [4.78, 5) is -0.376. The van der Waals surface area contributed by atoms with Gasteiger partial charge in [-0.3, -0.25) is 0 Å². The summed E-state index contributed by atoms with van der Waals surface area (Å²) in [5.74, 6) is 0. The molecule has 0 radical (unpaired) electrons. The molecule has 0 saturated carbocycles. The second kappa shape index (κ2) is 3.88. The molecule has 15 heavy (non-hydrogen) atoms. The van der Waals surface area contributed by atoms with E-state index in [0.717, 1.165) is 0 Å². The van der Waals surface area contributed by atoms with Gasteiger partial charge in [-0.2, -0.15) is 8.42 Å². The Morgan fingerprint density at radius 3 is 2.53 bits per heavy atom. The third kappa shape index (κ3) is 2.34. The van der Waals surface area contributed by atoms with Crippen LogP contribution in [0.2, 0.25) is 0 Å². The van der Waals surface area contributed by atoms with Gasteiger partial charge in [0.2, 0.25) is 0 Å². The molecule has 0 aliphatic carbocycles. The Bertz CT molecular complexity index is 451. The van der Waals surface area contributed by atoms with Crippen LogP contribution in [0.4, 0.5) is 3.89 Å². The molecule has 0 aromatic heterocycles. The summed E-state index contributed by atoms with van der Waals surface area (Å²) in [7, 11) is -4.67. The van der Waals surface area contributed by atoms with Crippen molar-refractivity contribution in [1.29, 1.82) is 0 Å². The largest absolute Gasteiger partial charge is 0.346 e. The van der Waals surface area contributed by atoms with E-state index in [1.807, 2.05) is 0 Å². The standard InChI is InChI=1S/C9H9FO4S/c10-15(11,12)8-3-1-2-7(6-8)9-13-4-5-14-9/h1-3,6,9H,4-5H2. The molecule has 0 N–H and O–H groups in total. The van der Waals surface area contributed by atoms with Crippen molar-refractivity contribution < 1.29 is 21.8 Å². The molecular formula is C9H9FO4S. The van der Waals surface area contributed by atoms with E-state index in [9.17, 15) is 12.3 Å². The van der Waals surface area contributed by atoms with E-state index in [4.69, 9.17) is 9.47 Å². The molecule has 0 atom stereocenters. The number of benzene rings is 1. The van der Waals surface area contributed by atoms with Gasteiger partial charge in [0.1, 0.15) is 0 Å². The average molecular weight is 232 g/mol. The van der Waals surface area contributed by atoms with Crippen LogP contribution in [0.3, 0.4) is 0 Å². The van der Waals surface area contributed by atoms with Crippen molar-refractivity contribution in [2.24, 2.45) is 0 Å². The van der Waals surface area contributed by atoms with Gasteiger partial charge in [-0.15, -0.1) is 3.89 Å². The fourth-order valence-electron chi connectivity index (χ4n) is 1.36. The molecule has 1 saturated heterocycles. The Morgan fingerprint density at radius 1 is 1.27 bits per heavy atom. The molecule has 1 aromatic carbocycles. The lowest BCUT2D eigenvalue weighted by Gasteiger charge is -2.09. The molecule has 0 spiro atoms. The lowest BCUT2D eigenvalue weighted by molar-refractivity contribution is -0.0442. The van der Waals surface area contributed by atoms with Crippen molar-refractivity contribution in [3.8, 4) is 0 Å². The van der Waals surface area contributed by atoms with Crippen molar-refractivity contribution in [3.63, 3.8) is 0 Å². The normalized spacial score (nSPS) is 18.2. The summed E-state index contributed by atoms with van der Waals surface area (Å²) in [5.41, 5.74) is 0.506. The van der Waals surface area contributed by atoms with E-state index in [1.165, 1.54) is 18.2 Å². The minimum atomic E-state index is -4.67. The van der Waals surface area contributed by atoms with Crippen molar-refractivity contribution in [2.45, 2.75) is 11.2 Å². The first-order valence-electron chi connectivity index (χ1n) is 4.35. The summed E-state index contributed by atoms with van der Waals surface area (Å²) in [5, 5.41) is 0. The van der Waals surface area contributed by atoms with Crippen LogP contribution < -0.4 is 0 Å². The smallest absolute Gasteiger partial charge is 0.332 e. The number of hydrogen-bond acceptors (Lipinski definition) is 4. The zero-order valence-electron chi connectivity index (χ0n) is 7.72. The quantitative estimate of drug-likeness (QED) is 0.723. The monoisotopic (exact) mass is 232 g/mol. The molecule has 1 heterocycles. The maximum Gasteiger partial charge on any atom is 0.332 e. The fraction of sp³-hybridized carbons (Fsp3) is 0.333. The SMILES string of the molecule is O=S(=O)(F)c1cccc(C2OCCO2)c1. The van der Waals surface area contributed by atoms with E-state index in [0.29, 0.717) is 18.8 Å². The molecule has 0 amide bonds. The van der Waals surface area contributed by atoms with Gasteiger partial charge in [0.25, 0.3) is 0 Å². The molecular weight excluding hydrogens is 223 g/mol. The summed E-state index contributed by atoms with van der Waals surface area (Å²) >= 11 is 0. The predicted molar refractivity (Wildman–Crippen MR) is 49.4 cm³/mol. The summed E-state index contributed by atoms with van der Waals surface area (Å²) in [6.45, 7) is 0.911. The Morgan fingerprint density at radius 2 is 1.93 bits per heavy atom. The molecule has 1 aromatic rings. The molecule has 6 heteroatoms. The highest BCUT2D eigenvalue weighted by molar-refractivity contribution is 7.86. The zero-order valence-corrected chi connectivity index (χ0v) is 8.54. The topological polar surface area (TPSA) is 52.6 Å². The Labute approximate surface area is 86.8 Å². The van der Waals surface area contributed by atoms with Gasteiger partial charge in [-0.1, -0.05) is 12.1 Å². The molecule has 2 rings (SSSR count). The van der Waals surface area contributed by atoms with Gasteiger partial charge in [-0.05, 0) is 12.1 Å². The van der Waals surface area contributed by atoms with Crippen LogP contribution in [0.15, 0.2) is 29.2 Å². The second-order valence-electron chi connectivity index (χ2n) is 3.08. The molecule has 4 nitrogen and oxygen atoms in total. The highest BCUT2D eigenvalue weighted by Crippen LogP contribution is 2.25. The van der Waals surface area contributed by atoms with Crippen LogP contribution >= 0.6 is 0 Å². The Kier molecular flexibility index (Phi) is 2.72. The Balaban J connectivity index is 2.34. The van der Waals surface area contributed by atoms with Gasteiger partial charge in [0, 0.05) is 5.56 Å². The average Bonchev–Trinajstić information content (AvgIpc) is 2.69. The molecule has 1 aliphatic heterocycles. The lowest BCUT2D eigenvalue weighted by Crippen LogP contribution is -2.00.